The lowest BCUT2D eigenvalue weighted by atomic mass is 10.3. The number of amides is 1. The van der Waals surface area contributed by atoms with Crippen molar-refractivity contribution in [2.45, 2.75) is 11.3 Å². The number of fused-ring (bicyclic) bond motifs is 1. The number of rotatable bonds is 4. The Morgan fingerprint density at radius 1 is 1.24 bits per heavy atom. The van der Waals surface area contributed by atoms with Crippen LogP contribution in [0.15, 0.2) is 46.3 Å². The number of nitrogens with zero attached hydrogens (tertiary/aromatic N) is 4. The van der Waals surface area contributed by atoms with Gasteiger partial charge in [0, 0.05) is 16.9 Å². The molecule has 0 aliphatic carbocycles. The molecule has 25 heavy (non-hydrogen) atoms. The van der Waals surface area contributed by atoms with Gasteiger partial charge in [0.1, 0.15) is 5.82 Å². The number of alkyl halides is 3. The second kappa shape index (κ2) is 7.00. The summed E-state index contributed by atoms with van der Waals surface area (Å²) in [5.74, 6) is -0.0304. The van der Waals surface area contributed by atoms with Crippen LogP contribution in [0.5, 0.6) is 0 Å². The molecule has 0 radical (unpaired) electrons. The molecule has 6 nitrogen and oxygen atoms in total. The molecular formula is C14H9BrF3N5OS. The lowest BCUT2D eigenvalue weighted by Crippen LogP contribution is -2.15. The summed E-state index contributed by atoms with van der Waals surface area (Å²) in [4.78, 5) is 15.9. The summed E-state index contributed by atoms with van der Waals surface area (Å²) in [7, 11) is 0. The van der Waals surface area contributed by atoms with Gasteiger partial charge in [-0.3, -0.25) is 9.20 Å². The van der Waals surface area contributed by atoms with Gasteiger partial charge in [0.05, 0.1) is 11.3 Å². The van der Waals surface area contributed by atoms with E-state index in [4.69, 9.17) is 0 Å². The Hall–Kier alpha value is -2.14. The summed E-state index contributed by atoms with van der Waals surface area (Å²) < 4.78 is 40.4. The van der Waals surface area contributed by atoms with Gasteiger partial charge in [-0.1, -0.05) is 11.8 Å². The third-order valence-corrected chi connectivity index (χ3v) is 4.44. The second-order valence-corrected chi connectivity index (χ2v) is 6.68. The SMILES string of the molecule is O=C(CSc1nnc2ccc(C(F)(F)F)cn12)Nc1ccc(Br)cn1. The molecule has 3 aromatic heterocycles. The van der Waals surface area contributed by atoms with E-state index < -0.39 is 11.7 Å². The first-order chi connectivity index (χ1) is 11.8. The molecular weight excluding hydrogens is 423 g/mol. The van der Waals surface area contributed by atoms with Gasteiger partial charge in [-0.2, -0.15) is 13.2 Å². The van der Waals surface area contributed by atoms with Crippen molar-refractivity contribution in [1.29, 1.82) is 0 Å². The minimum Gasteiger partial charge on any atom is -0.310 e. The van der Waals surface area contributed by atoms with E-state index in [2.05, 4.69) is 36.4 Å². The number of aromatic nitrogens is 4. The number of thioether (sulfide) groups is 1. The first kappa shape index (κ1) is 17.7. The van der Waals surface area contributed by atoms with Crippen LogP contribution in [0.4, 0.5) is 19.0 Å². The number of carbonyl (C=O) groups is 1. The van der Waals surface area contributed by atoms with E-state index >= 15 is 0 Å². The molecule has 3 heterocycles. The van der Waals surface area contributed by atoms with E-state index in [1.54, 1.807) is 12.1 Å². The first-order valence-corrected chi connectivity index (χ1v) is 8.57. The van der Waals surface area contributed by atoms with Gasteiger partial charge in [-0.25, -0.2) is 4.98 Å². The highest BCUT2D eigenvalue weighted by Gasteiger charge is 2.31. The van der Waals surface area contributed by atoms with E-state index in [-0.39, 0.29) is 22.5 Å². The fourth-order valence-corrected chi connectivity index (χ4v) is 2.85. The van der Waals surface area contributed by atoms with Crippen molar-refractivity contribution in [1.82, 2.24) is 19.6 Å². The topological polar surface area (TPSA) is 72.2 Å². The molecule has 11 heteroatoms. The lowest BCUT2D eigenvalue weighted by molar-refractivity contribution is -0.137. The molecule has 1 N–H and O–H groups in total. The number of carbonyl (C=O) groups excluding carboxylic acids is 1. The minimum absolute atomic E-state index is 0.0468. The summed E-state index contributed by atoms with van der Waals surface area (Å²) in [5.41, 5.74) is -0.546. The molecule has 0 aliphatic heterocycles. The number of hydrogen-bond acceptors (Lipinski definition) is 5. The quantitative estimate of drug-likeness (QED) is 0.638. The van der Waals surface area contributed by atoms with E-state index in [1.807, 2.05) is 0 Å². The molecule has 0 unspecified atom stereocenters. The molecule has 130 valence electrons. The number of pyridine rings is 2. The highest BCUT2D eigenvalue weighted by molar-refractivity contribution is 9.10. The maximum Gasteiger partial charge on any atom is 0.417 e. The number of anilines is 1. The fourth-order valence-electron chi connectivity index (χ4n) is 1.89. The zero-order chi connectivity index (χ0) is 18.0. The smallest absolute Gasteiger partial charge is 0.310 e. The van der Waals surface area contributed by atoms with Gasteiger partial charge in [-0.15, -0.1) is 10.2 Å². The van der Waals surface area contributed by atoms with Crippen molar-refractivity contribution in [3.05, 3.63) is 46.7 Å². The fraction of sp³-hybridized carbons (Fsp3) is 0.143. The Labute approximate surface area is 152 Å². The van der Waals surface area contributed by atoms with Crippen molar-refractivity contribution in [3.8, 4) is 0 Å². The Kier molecular flexibility index (Phi) is 4.95. The third kappa shape index (κ3) is 4.28. The summed E-state index contributed by atoms with van der Waals surface area (Å²) in [6.07, 6.45) is -2.02. The Bertz CT molecular complexity index is 913. The highest BCUT2D eigenvalue weighted by atomic mass is 79.9. The molecule has 3 aromatic rings. The van der Waals surface area contributed by atoms with Crippen LogP contribution in [0.3, 0.4) is 0 Å². The average Bonchev–Trinajstić information content (AvgIpc) is 2.96. The monoisotopic (exact) mass is 431 g/mol. The normalized spacial score (nSPS) is 11.7. The van der Waals surface area contributed by atoms with E-state index in [0.29, 0.717) is 5.82 Å². The molecule has 0 saturated carbocycles. The minimum atomic E-state index is -4.47. The van der Waals surface area contributed by atoms with Crippen molar-refractivity contribution in [2.75, 3.05) is 11.1 Å². The van der Waals surface area contributed by atoms with E-state index in [1.165, 1.54) is 16.7 Å². The predicted octanol–water partition coefficient (Wildman–Crippen LogP) is 3.64. The summed E-state index contributed by atoms with van der Waals surface area (Å²) in [5, 5.41) is 10.4. The van der Waals surface area contributed by atoms with Crippen molar-refractivity contribution >= 4 is 45.1 Å². The molecule has 0 atom stereocenters. The van der Waals surface area contributed by atoms with Gasteiger partial charge in [0.25, 0.3) is 0 Å². The molecule has 0 bridgehead atoms. The molecule has 0 spiro atoms. The predicted molar refractivity (Wildman–Crippen MR) is 89.3 cm³/mol. The summed E-state index contributed by atoms with van der Waals surface area (Å²) in [6.45, 7) is 0. The van der Waals surface area contributed by atoms with Crippen LogP contribution in [-0.2, 0) is 11.0 Å². The van der Waals surface area contributed by atoms with Crippen LogP contribution in [0, 0.1) is 0 Å². The van der Waals surface area contributed by atoms with Crippen molar-refractivity contribution in [2.24, 2.45) is 0 Å². The first-order valence-electron chi connectivity index (χ1n) is 6.79. The van der Waals surface area contributed by atoms with E-state index in [9.17, 15) is 18.0 Å². The van der Waals surface area contributed by atoms with Crippen molar-refractivity contribution in [3.63, 3.8) is 0 Å². The molecule has 1 amide bonds. The summed E-state index contributed by atoms with van der Waals surface area (Å²) >= 11 is 4.21. The van der Waals surface area contributed by atoms with Crippen molar-refractivity contribution < 1.29 is 18.0 Å². The number of hydrogen-bond donors (Lipinski definition) is 1. The zero-order valence-electron chi connectivity index (χ0n) is 12.3. The zero-order valence-corrected chi connectivity index (χ0v) is 14.7. The van der Waals surface area contributed by atoms with E-state index in [0.717, 1.165) is 28.5 Å². The Balaban J connectivity index is 1.70. The Morgan fingerprint density at radius 3 is 2.72 bits per heavy atom. The third-order valence-electron chi connectivity index (χ3n) is 3.03. The molecule has 0 aliphatic rings. The standard InChI is InChI=1S/C14H9BrF3N5OS/c15-9-2-3-10(19-5-9)20-12(24)7-25-13-22-21-11-4-1-8(6-23(11)13)14(16,17)18/h1-6H,7H2,(H,19,20,24). The van der Waals surface area contributed by atoms with Gasteiger partial charge < -0.3 is 5.32 Å². The Morgan fingerprint density at radius 2 is 2.04 bits per heavy atom. The van der Waals surface area contributed by atoms with Gasteiger partial charge in [0.2, 0.25) is 5.91 Å². The van der Waals surface area contributed by atoms with Crippen LogP contribution >= 0.6 is 27.7 Å². The number of halogens is 4. The van der Waals surface area contributed by atoms with Gasteiger partial charge in [0.15, 0.2) is 10.8 Å². The van der Waals surface area contributed by atoms with Crippen LogP contribution in [-0.4, -0.2) is 31.2 Å². The highest BCUT2D eigenvalue weighted by Crippen LogP contribution is 2.30. The molecule has 0 saturated heterocycles. The van der Waals surface area contributed by atoms with Crippen LogP contribution in [0.1, 0.15) is 5.56 Å². The molecule has 0 aromatic carbocycles. The maximum absolute atomic E-state index is 12.8. The average molecular weight is 432 g/mol. The second-order valence-electron chi connectivity index (χ2n) is 4.82. The maximum atomic E-state index is 12.8. The van der Waals surface area contributed by atoms with Gasteiger partial charge >= 0.3 is 6.18 Å². The largest absolute Gasteiger partial charge is 0.417 e. The molecule has 0 fully saturated rings. The van der Waals surface area contributed by atoms with Crippen LogP contribution in [0.2, 0.25) is 0 Å². The van der Waals surface area contributed by atoms with Crippen LogP contribution in [0.25, 0.3) is 5.65 Å². The van der Waals surface area contributed by atoms with Gasteiger partial charge in [-0.05, 0) is 40.2 Å². The number of nitrogens with one attached hydrogen (secondary N) is 1. The molecule has 3 rings (SSSR count). The lowest BCUT2D eigenvalue weighted by Gasteiger charge is -2.07. The summed E-state index contributed by atoms with van der Waals surface area (Å²) in [6, 6.07) is 5.51. The van der Waals surface area contributed by atoms with Crippen LogP contribution < -0.4 is 5.32 Å².